The third kappa shape index (κ3) is 3.90. The molecule has 0 radical (unpaired) electrons. The number of benzene rings is 1. The Morgan fingerprint density at radius 2 is 1.75 bits per heavy atom. The van der Waals surface area contributed by atoms with E-state index in [4.69, 9.17) is 0 Å². The van der Waals surface area contributed by atoms with Crippen LogP contribution < -0.4 is 5.32 Å². The average Bonchev–Trinajstić information content (AvgIpc) is 2.29. The molecule has 0 saturated carbocycles. The SMILES string of the molecule is Cc1ccc(C)c(C(=O)NC(C)CS(C)=O)c1C(=O)O. The maximum absolute atomic E-state index is 12.3. The number of rotatable bonds is 5. The molecule has 6 heteroatoms. The minimum absolute atomic E-state index is 0.0207. The highest BCUT2D eigenvalue weighted by Gasteiger charge is 2.22. The first-order valence-electron chi connectivity index (χ1n) is 6.18. The van der Waals surface area contributed by atoms with Crippen LogP contribution in [0.3, 0.4) is 0 Å². The van der Waals surface area contributed by atoms with E-state index in [1.165, 1.54) is 0 Å². The first kappa shape index (κ1) is 16.4. The van der Waals surface area contributed by atoms with E-state index < -0.39 is 22.7 Å². The van der Waals surface area contributed by atoms with Gasteiger partial charge in [-0.1, -0.05) is 12.1 Å². The minimum atomic E-state index is -1.12. The Bertz CT molecular complexity index is 569. The predicted molar refractivity (Wildman–Crippen MR) is 78.7 cm³/mol. The summed E-state index contributed by atoms with van der Waals surface area (Å²) < 4.78 is 11.1. The van der Waals surface area contributed by atoms with Crippen LogP contribution in [0, 0.1) is 13.8 Å². The number of hydrogen-bond acceptors (Lipinski definition) is 3. The van der Waals surface area contributed by atoms with E-state index in [0.717, 1.165) is 0 Å². The Morgan fingerprint density at radius 3 is 2.20 bits per heavy atom. The van der Waals surface area contributed by atoms with E-state index in [9.17, 15) is 18.9 Å². The Morgan fingerprint density at radius 1 is 1.25 bits per heavy atom. The van der Waals surface area contributed by atoms with Gasteiger partial charge in [0, 0.05) is 28.9 Å². The van der Waals surface area contributed by atoms with Crippen LogP contribution in [0.25, 0.3) is 0 Å². The van der Waals surface area contributed by atoms with Crippen LogP contribution in [0.15, 0.2) is 12.1 Å². The molecule has 0 aromatic heterocycles. The van der Waals surface area contributed by atoms with Crippen molar-refractivity contribution in [1.29, 1.82) is 0 Å². The molecule has 20 heavy (non-hydrogen) atoms. The number of aryl methyl sites for hydroxylation is 2. The summed E-state index contributed by atoms with van der Waals surface area (Å²) in [6.45, 7) is 5.10. The van der Waals surface area contributed by atoms with E-state index in [1.54, 1.807) is 39.2 Å². The molecule has 0 bridgehead atoms. The number of carboxylic acids is 1. The molecule has 0 spiro atoms. The number of carbonyl (C=O) groups excluding carboxylic acids is 1. The van der Waals surface area contributed by atoms with Gasteiger partial charge in [0.2, 0.25) is 0 Å². The normalized spacial score (nSPS) is 13.6. The quantitative estimate of drug-likeness (QED) is 0.862. The summed E-state index contributed by atoms with van der Waals surface area (Å²) in [5, 5.41) is 12.0. The van der Waals surface area contributed by atoms with Crippen LogP contribution in [0.5, 0.6) is 0 Å². The van der Waals surface area contributed by atoms with Gasteiger partial charge in [0.1, 0.15) is 0 Å². The Hall–Kier alpha value is -1.69. The Kier molecular flexibility index (Phi) is 5.44. The maximum atomic E-state index is 12.3. The number of hydrogen-bond donors (Lipinski definition) is 2. The van der Waals surface area contributed by atoms with E-state index in [-0.39, 0.29) is 17.2 Å². The van der Waals surface area contributed by atoms with Crippen molar-refractivity contribution >= 4 is 22.7 Å². The number of aromatic carboxylic acids is 1. The van der Waals surface area contributed by atoms with Gasteiger partial charge in [0.05, 0.1) is 11.1 Å². The summed E-state index contributed by atoms with van der Waals surface area (Å²) in [7, 11) is -1.02. The van der Waals surface area contributed by atoms with Gasteiger partial charge in [-0.2, -0.15) is 0 Å². The first-order valence-corrected chi connectivity index (χ1v) is 7.91. The van der Waals surface area contributed by atoms with Crippen molar-refractivity contribution in [3.63, 3.8) is 0 Å². The van der Waals surface area contributed by atoms with Gasteiger partial charge in [-0.15, -0.1) is 0 Å². The second kappa shape index (κ2) is 6.65. The fourth-order valence-corrected chi connectivity index (χ4v) is 2.86. The number of carboxylic acid groups (broad SMARTS) is 1. The van der Waals surface area contributed by atoms with Gasteiger partial charge in [0.25, 0.3) is 5.91 Å². The predicted octanol–water partition coefficient (Wildman–Crippen LogP) is 1.50. The standard InChI is InChI=1S/C14H19NO4S/c1-8-5-6-9(2)12(14(17)18)11(8)13(16)15-10(3)7-20(4)19/h5-6,10H,7H2,1-4H3,(H,15,16)(H,17,18). The molecule has 1 rings (SSSR count). The third-order valence-corrected chi connectivity index (χ3v) is 3.89. The minimum Gasteiger partial charge on any atom is -0.478 e. The fraction of sp³-hybridized carbons (Fsp3) is 0.429. The van der Waals surface area contributed by atoms with Crippen LogP contribution >= 0.6 is 0 Å². The Balaban J connectivity index is 3.12. The monoisotopic (exact) mass is 297 g/mol. The van der Waals surface area contributed by atoms with Crippen molar-refractivity contribution < 1.29 is 18.9 Å². The number of nitrogens with one attached hydrogen (secondary N) is 1. The van der Waals surface area contributed by atoms with Gasteiger partial charge in [-0.3, -0.25) is 9.00 Å². The van der Waals surface area contributed by atoms with E-state index in [2.05, 4.69) is 5.32 Å². The van der Waals surface area contributed by atoms with Crippen LogP contribution in [0.2, 0.25) is 0 Å². The smallest absolute Gasteiger partial charge is 0.336 e. The molecule has 0 aliphatic rings. The topological polar surface area (TPSA) is 83.5 Å². The average molecular weight is 297 g/mol. The summed E-state index contributed by atoms with van der Waals surface area (Å²) >= 11 is 0. The van der Waals surface area contributed by atoms with Crippen molar-refractivity contribution in [2.45, 2.75) is 26.8 Å². The molecule has 2 atom stereocenters. The molecule has 0 heterocycles. The summed E-state index contributed by atoms with van der Waals surface area (Å²) in [4.78, 5) is 23.6. The second-order valence-electron chi connectivity index (χ2n) is 4.87. The van der Waals surface area contributed by atoms with E-state index in [1.807, 2.05) is 0 Å². The summed E-state index contributed by atoms with van der Waals surface area (Å²) in [5.74, 6) is -1.23. The lowest BCUT2D eigenvalue weighted by Gasteiger charge is -2.16. The lowest BCUT2D eigenvalue weighted by atomic mass is 9.96. The fourth-order valence-electron chi connectivity index (χ4n) is 2.07. The highest BCUT2D eigenvalue weighted by atomic mass is 32.2. The molecule has 0 fully saturated rings. The van der Waals surface area contributed by atoms with Crippen molar-refractivity contribution in [3.05, 3.63) is 34.4 Å². The number of amides is 1. The zero-order valence-electron chi connectivity index (χ0n) is 12.0. The van der Waals surface area contributed by atoms with E-state index in [0.29, 0.717) is 16.9 Å². The Labute approximate surface area is 120 Å². The molecule has 110 valence electrons. The molecule has 2 unspecified atom stereocenters. The molecule has 1 aromatic rings. The summed E-state index contributed by atoms with van der Waals surface area (Å²) in [6, 6.07) is 3.12. The van der Waals surface area contributed by atoms with Crippen LogP contribution in [0.4, 0.5) is 0 Å². The third-order valence-electron chi connectivity index (χ3n) is 2.93. The lowest BCUT2D eigenvalue weighted by molar-refractivity contribution is 0.0689. The molecule has 1 amide bonds. The van der Waals surface area contributed by atoms with Crippen molar-refractivity contribution in [1.82, 2.24) is 5.32 Å². The van der Waals surface area contributed by atoms with Crippen molar-refractivity contribution in [3.8, 4) is 0 Å². The molecule has 0 saturated heterocycles. The van der Waals surface area contributed by atoms with Gasteiger partial charge < -0.3 is 10.4 Å². The lowest BCUT2D eigenvalue weighted by Crippen LogP contribution is -2.37. The van der Waals surface area contributed by atoms with Gasteiger partial charge in [-0.05, 0) is 31.9 Å². The summed E-state index contributed by atoms with van der Waals surface area (Å²) in [5.41, 5.74) is 1.34. The molecular weight excluding hydrogens is 278 g/mol. The molecule has 5 nitrogen and oxygen atoms in total. The number of carbonyl (C=O) groups is 2. The highest BCUT2D eigenvalue weighted by molar-refractivity contribution is 7.84. The van der Waals surface area contributed by atoms with Gasteiger partial charge in [0.15, 0.2) is 0 Å². The zero-order valence-corrected chi connectivity index (χ0v) is 12.8. The van der Waals surface area contributed by atoms with Crippen LogP contribution in [0.1, 0.15) is 38.8 Å². The molecule has 2 N–H and O–H groups in total. The highest BCUT2D eigenvalue weighted by Crippen LogP contribution is 2.19. The van der Waals surface area contributed by atoms with Crippen LogP contribution in [-0.4, -0.2) is 39.2 Å². The van der Waals surface area contributed by atoms with Gasteiger partial charge >= 0.3 is 5.97 Å². The maximum Gasteiger partial charge on any atom is 0.336 e. The van der Waals surface area contributed by atoms with Crippen LogP contribution in [-0.2, 0) is 10.8 Å². The van der Waals surface area contributed by atoms with Gasteiger partial charge in [-0.25, -0.2) is 4.79 Å². The van der Waals surface area contributed by atoms with Crippen molar-refractivity contribution in [2.24, 2.45) is 0 Å². The molecule has 0 aliphatic carbocycles. The second-order valence-corrected chi connectivity index (χ2v) is 6.35. The summed E-state index contributed by atoms with van der Waals surface area (Å²) in [6.07, 6.45) is 1.56. The van der Waals surface area contributed by atoms with Crippen molar-refractivity contribution in [2.75, 3.05) is 12.0 Å². The molecule has 0 aliphatic heterocycles. The largest absolute Gasteiger partial charge is 0.478 e. The first-order chi connectivity index (χ1) is 9.23. The zero-order chi connectivity index (χ0) is 15.4. The molecule has 1 aromatic carbocycles. The molecular formula is C14H19NO4S. The van der Waals surface area contributed by atoms with E-state index >= 15 is 0 Å².